The molecule has 0 spiro atoms. The Hall–Kier alpha value is -1.77. The molecule has 114 valence electrons. The van der Waals surface area contributed by atoms with Gasteiger partial charge in [-0.25, -0.2) is 0 Å². The molecule has 21 heavy (non-hydrogen) atoms. The first kappa shape index (κ1) is 15.6. The molecule has 1 atom stereocenters. The number of benzene rings is 1. The van der Waals surface area contributed by atoms with Crippen LogP contribution in [0.1, 0.15) is 57.6 Å². The third-order valence-electron chi connectivity index (χ3n) is 3.86. The monoisotopic (exact) mass is 287 g/mol. The number of ether oxygens (including phenoxy) is 1. The number of unbranched alkanes of at least 4 members (excludes halogenated alkanes) is 1. The minimum absolute atomic E-state index is 0.495. The average Bonchev–Trinajstić information content (AvgIpc) is 3.01. The van der Waals surface area contributed by atoms with Crippen LogP contribution in [0.2, 0.25) is 0 Å². The van der Waals surface area contributed by atoms with Gasteiger partial charge in [0.05, 0.1) is 7.11 Å². The highest BCUT2D eigenvalue weighted by Crippen LogP contribution is 2.30. The normalized spacial score (nSPS) is 12.3. The molecule has 1 heterocycles. The van der Waals surface area contributed by atoms with Crippen LogP contribution in [-0.2, 0) is 0 Å². The van der Waals surface area contributed by atoms with Crippen molar-refractivity contribution >= 4 is 0 Å². The van der Waals surface area contributed by atoms with Crippen LogP contribution >= 0.6 is 0 Å². The number of nitrogens with zero attached hydrogens (tertiary/aromatic N) is 1. The third-order valence-corrected chi connectivity index (χ3v) is 3.86. The van der Waals surface area contributed by atoms with Gasteiger partial charge < -0.3 is 9.26 Å². The number of methoxy groups -OCH3 is 1. The van der Waals surface area contributed by atoms with E-state index in [2.05, 4.69) is 25.1 Å². The van der Waals surface area contributed by atoms with Crippen LogP contribution in [0.5, 0.6) is 5.75 Å². The lowest BCUT2D eigenvalue weighted by Crippen LogP contribution is -1.96. The largest absolute Gasteiger partial charge is 0.497 e. The summed E-state index contributed by atoms with van der Waals surface area (Å²) in [5, 5.41) is 4.24. The van der Waals surface area contributed by atoms with E-state index < -0.39 is 0 Å². The Labute approximate surface area is 127 Å². The standard InChI is InChI=1S/C18H25NO2/c1-4-6-8-15(7-5-2)18-13-17(19-21-18)14-9-11-16(20-3)12-10-14/h9-13,15H,4-8H2,1-3H3. The fourth-order valence-electron chi connectivity index (χ4n) is 2.61. The molecule has 2 rings (SSSR count). The van der Waals surface area contributed by atoms with E-state index in [-0.39, 0.29) is 0 Å². The summed E-state index contributed by atoms with van der Waals surface area (Å²) in [4.78, 5) is 0. The Bertz CT molecular complexity index is 530. The molecular formula is C18H25NO2. The Balaban J connectivity index is 2.14. The molecule has 0 aliphatic rings. The molecule has 0 N–H and O–H groups in total. The van der Waals surface area contributed by atoms with Gasteiger partial charge in [-0.15, -0.1) is 0 Å². The van der Waals surface area contributed by atoms with Gasteiger partial charge >= 0.3 is 0 Å². The van der Waals surface area contributed by atoms with Gasteiger partial charge in [0.2, 0.25) is 0 Å². The van der Waals surface area contributed by atoms with E-state index >= 15 is 0 Å². The Kier molecular flexibility index (Phi) is 5.85. The lowest BCUT2D eigenvalue weighted by atomic mass is 9.94. The van der Waals surface area contributed by atoms with E-state index in [1.165, 1.54) is 25.7 Å². The first-order valence-corrected chi connectivity index (χ1v) is 7.89. The molecule has 0 aliphatic carbocycles. The second kappa shape index (κ2) is 7.87. The topological polar surface area (TPSA) is 35.3 Å². The predicted octanol–water partition coefficient (Wildman–Crippen LogP) is 5.42. The fourth-order valence-corrected chi connectivity index (χ4v) is 2.61. The van der Waals surface area contributed by atoms with Gasteiger partial charge in [0.15, 0.2) is 0 Å². The molecule has 0 amide bonds. The van der Waals surface area contributed by atoms with Crippen molar-refractivity contribution in [1.29, 1.82) is 0 Å². The summed E-state index contributed by atoms with van der Waals surface area (Å²) in [5.74, 6) is 2.37. The first-order valence-electron chi connectivity index (χ1n) is 7.89. The quantitative estimate of drug-likeness (QED) is 0.650. The maximum absolute atomic E-state index is 5.61. The van der Waals surface area contributed by atoms with Gasteiger partial charge in [-0.1, -0.05) is 38.3 Å². The van der Waals surface area contributed by atoms with Crippen molar-refractivity contribution in [3.63, 3.8) is 0 Å². The Morgan fingerprint density at radius 2 is 1.86 bits per heavy atom. The SMILES string of the molecule is CCCCC(CCC)c1cc(-c2ccc(OC)cc2)no1. The lowest BCUT2D eigenvalue weighted by molar-refractivity contribution is 0.343. The molecule has 2 aromatic rings. The highest BCUT2D eigenvalue weighted by molar-refractivity contribution is 5.59. The van der Waals surface area contributed by atoms with E-state index in [4.69, 9.17) is 9.26 Å². The molecule has 0 radical (unpaired) electrons. The maximum atomic E-state index is 5.61. The summed E-state index contributed by atoms with van der Waals surface area (Å²) in [6, 6.07) is 10.0. The van der Waals surface area contributed by atoms with E-state index in [1.807, 2.05) is 24.3 Å². The van der Waals surface area contributed by atoms with Crippen LogP contribution in [0, 0.1) is 0 Å². The van der Waals surface area contributed by atoms with Crippen molar-refractivity contribution in [2.45, 2.75) is 51.9 Å². The molecule has 0 aliphatic heterocycles. The highest BCUT2D eigenvalue weighted by atomic mass is 16.5. The molecule has 0 fully saturated rings. The van der Waals surface area contributed by atoms with Crippen molar-refractivity contribution in [2.24, 2.45) is 0 Å². The second-order valence-corrected chi connectivity index (χ2v) is 5.47. The number of rotatable bonds is 8. The van der Waals surface area contributed by atoms with E-state index in [1.54, 1.807) is 7.11 Å². The van der Waals surface area contributed by atoms with Crippen LogP contribution in [0.25, 0.3) is 11.3 Å². The third kappa shape index (κ3) is 4.10. The van der Waals surface area contributed by atoms with E-state index in [0.717, 1.165) is 29.2 Å². The molecule has 1 unspecified atom stereocenters. The smallest absolute Gasteiger partial charge is 0.140 e. The van der Waals surface area contributed by atoms with Gasteiger partial charge in [-0.2, -0.15) is 0 Å². The van der Waals surface area contributed by atoms with E-state index in [0.29, 0.717) is 5.92 Å². The van der Waals surface area contributed by atoms with Gasteiger partial charge in [-0.3, -0.25) is 0 Å². The minimum atomic E-state index is 0.495. The van der Waals surface area contributed by atoms with Crippen molar-refractivity contribution in [2.75, 3.05) is 7.11 Å². The molecule has 0 bridgehead atoms. The average molecular weight is 287 g/mol. The molecular weight excluding hydrogens is 262 g/mol. The highest BCUT2D eigenvalue weighted by Gasteiger charge is 2.16. The zero-order chi connectivity index (χ0) is 15.1. The van der Waals surface area contributed by atoms with Crippen LogP contribution < -0.4 is 4.74 Å². The zero-order valence-electron chi connectivity index (χ0n) is 13.3. The summed E-state index contributed by atoms with van der Waals surface area (Å²) < 4.78 is 10.8. The van der Waals surface area contributed by atoms with Gasteiger partial charge in [-0.05, 0) is 37.1 Å². The van der Waals surface area contributed by atoms with Crippen LogP contribution in [0.4, 0.5) is 0 Å². The molecule has 0 saturated heterocycles. The van der Waals surface area contributed by atoms with Gasteiger partial charge in [0, 0.05) is 17.5 Å². The van der Waals surface area contributed by atoms with Crippen molar-refractivity contribution < 1.29 is 9.26 Å². The van der Waals surface area contributed by atoms with Crippen molar-refractivity contribution in [3.8, 4) is 17.0 Å². The van der Waals surface area contributed by atoms with Gasteiger partial charge in [0.25, 0.3) is 0 Å². The predicted molar refractivity (Wildman–Crippen MR) is 85.7 cm³/mol. The van der Waals surface area contributed by atoms with Crippen LogP contribution in [0.3, 0.4) is 0 Å². The van der Waals surface area contributed by atoms with E-state index in [9.17, 15) is 0 Å². The summed E-state index contributed by atoms with van der Waals surface area (Å²) in [6.07, 6.45) is 5.98. The fraction of sp³-hybridized carbons (Fsp3) is 0.500. The molecule has 3 heteroatoms. The number of aromatic nitrogens is 1. The number of hydrogen-bond donors (Lipinski definition) is 0. The number of hydrogen-bond acceptors (Lipinski definition) is 3. The van der Waals surface area contributed by atoms with Gasteiger partial charge in [0.1, 0.15) is 17.2 Å². The van der Waals surface area contributed by atoms with Crippen molar-refractivity contribution in [1.82, 2.24) is 5.16 Å². The summed E-state index contributed by atoms with van der Waals surface area (Å²) in [7, 11) is 1.67. The molecule has 1 aromatic carbocycles. The summed E-state index contributed by atoms with van der Waals surface area (Å²) in [5.41, 5.74) is 1.97. The zero-order valence-corrected chi connectivity index (χ0v) is 13.3. The molecule has 3 nitrogen and oxygen atoms in total. The van der Waals surface area contributed by atoms with Crippen molar-refractivity contribution in [3.05, 3.63) is 36.1 Å². The Morgan fingerprint density at radius 3 is 2.48 bits per heavy atom. The lowest BCUT2D eigenvalue weighted by Gasteiger charge is -2.11. The van der Waals surface area contributed by atoms with Crippen LogP contribution in [0.15, 0.2) is 34.9 Å². The minimum Gasteiger partial charge on any atom is -0.497 e. The second-order valence-electron chi connectivity index (χ2n) is 5.47. The molecule has 1 aromatic heterocycles. The Morgan fingerprint density at radius 1 is 1.10 bits per heavy atom. The summed E-state index contributed by atoms with van der Waals surface area (Å²) >= 11 is 0. The summed E-state index contributed by atoms with van der Waals surface area (Å²) in [6.45, 7) is 4.45. The maximum Gasteiger partial charge on any atom is 0.140 e. The first-order chi connectivity index (χ1) is 10.3. The van der Waals surface area contributed by atoms with Crippen LogP contribution in [-0.4, -0.2) is 12.3 Å². The molecule has 0 saturated carbocycles.